The zero-order valence-electron chi connectivity index (χ0n) is 8.56. The highest BCUT2D eigenvalue weighted by Gasteiger charge is 1.97. The molecule has 14 heavy (non-hydrogen) atoms. The van der Waals surface area contributed by atoms with Crippen LogP contribution < -0.4 is 9.47 Å². The topological polar surface area (TPSA) is 38.7 Å². The Kier molecular flexibility index (Phi) is 4.26. The molecule has 0 radical (unpaired) electrons. The van der Waals surface area contributed by atoms with E-state index in [9.17, 15) is 0 Å². The van der Waals surface area contributed by atoms with Gasteiger partial charge in [-0.05, 0) is 38.1 Å². The van der Waals surface area contributed by atoms with E-state index < -0.39 is 0 Å². The molecule has 0 aromatic heterocycles. The molecule has 0 saturated heterocycles. The molecule has 0 spiro atoms. The largest absolute Gasteiger partial charge is 0.491 e. The van der Waals surface area contributed by atoms with Gasteiger partial charge in [0.05, 0.1) is 12.7 Å². The Labute approximate surface area is 84.3 Å². The van der Waals surface area contributed by atoms with Gasteiger partial charge in [0.1, 0.15) is 18.1 Å². The zero-order valence-corrected chi connectivity index (χ0v) is 8.56. The van der Waals surface area contributed by atoms with Crippen molar-refractivity contribution >= 4 is 0 Å². The molecule has 3 heteroatoms. The fourth-order valence-electron chi connectivity index (χ4n) is 1.05. The van der Waals surface area contributed by atoms with Gasteiger partial charge in [-0.25, -0.2) is 0 Å². The molecule has 0 fully saturated rings. The highest BCUT2D eigenvalue weighted by atomic mass is 16.5. The lowest BCUT2D eigenvalue weighted by atomic mass is 10.3. The third kappa shape index (κ3) is 3.66. The van der Waals surface area contributed by atoms with Crippen LogP contribution >= 0.6 is 0 Å². The van der Waals surface area contributed by atoms with Crippen LogP contribution in [0.25, 0.3) is 0 Å². The van der Waals surface area contributed by atoms with E-state index in [1.165, 1.54) is 0 Å². The molecule has 1 aromatic rings. The van der Waals surface area contributed by atoms with E-state index in [-0.39, 0.29) is 12.7 Å². The van der Waals surface area contributed by atoms with Gasteiger partial charge in [0.25, 0.3) is 0 Å². The SMILES string of the molecule is CC(C)Oc1ccc(OCCO)cc1. The Morgan fingerprint density at radius 3 is 2.21 bits per heavy atom. The van der Waals surface area contributed by atoms with Crippen LogP contribution in [0.15, 0.2) is 24.3 Å². The molecule has 0 aliphatic rings. The number of hydrogen-bond donors (Lipinski definition) is 1. The van der Waals surface area contributed by atoms with E-state index in [0.717, 1.165) is 11.5 Å². The molecule has 0 bridgehead atoms. The third-order valence-electron chi connectivity index (χ3n) is 1.56. The summed E-state index contributed by atoms with van der Waals surface area (Å²) in [5.41, 5.74) is 0. The second-order valence-corrected chi connectivity index (χ2v) is 3.21. The molecular formula is C11H16O3. The summed E-state index contributed by atoms with van der Waals surface area (Å²) in [6, 6.07) is 7.36. The van der Waals surface area contributed by atoms with Crippen LogP contribution in [0, 0.1) is 0 Å². The van der Waals surface area contributed by atoms with Gasteiger partial charge in [0, 0.05) is 0 Å². The minimum Gasteiger partial charge on any atom is -0.491 e. The van der Waals surface area contributed by atoms with Crippen LogP contribution in [0.5, 0.6) is 11.5 Å². The lowest BCUT2D eigenvalue weighted by molar-refractivity contribution is 0.201. The number of ether oxygens (including phenoxy) is 2. The van der Waals surface area contributed by atoms with Gasteiger partial charge < -0.3 is 14.6 Å². The molecule has 1 N–H and O–H groups in total. The van der Waals surface area contributed by atoms with E-state index in [1.54, 1.807) is 0 Å². The molecule has 1 aromatic carbocycles. The minimum absolute atomic E-state index is 0.0320. The summed E-state index contributed by atoms with van der Waals surface area (Å²) in [6.07, 6.45) is 0.180. The molecule has 1 rings (SSSR count). The van der Waals surface area contributed by atoms with Gasteiger partial charge in [0.2, 0.25) is 0 Å². The normalized spacial score (nSPS) is 10.3. The summed E-state index contributed by atoms with van der Waals surface area (Å²) in [6.45, 7) is 4.32. The van der Waals surface area contributed by atoms with Crippen LogP contribution in [-0.4, -0.2) is 24.4 Å². The summed E-state index contributed by atoms with van der Waals surface area (Å²) in [4.78, 5) is 0. The van der Waals surface area contributed by atoms with Crippen molar-refractivity contribution in [3.63, 3.8) is 0 Å². The molecule has 0 aliphatic heterocycles. The van der Waals surface area contributed by atoms with E-state index in [0.29, 0.717) is 6.61 Å². The number of hydrogen-bond acceptors (Lipinski definition) is 3. The van der Waals surface area contributed by atoms with Crippen molar-refractivity contribution < 1.29 is 14.6 Å². The quantitative estimate of drug-likeness (QED) is 0.781. The first-order chi connectivity index (χ1) is 6.72. The van der Waals surface area contributed by atoms with Crippen molar-refractivity contribution in [3.8, 4) is 11.5 Å². The van der Waals surface area contributed by atoms with Gasteiger partial charge in [-0.1, -0.05) is 0 Å². The van der Waals surface area contributed by atoms with Crippen LogP contribution in [0.2, 0.25) is 0 Å². The van der Waals surface area contributed by atoms with E-state index in [4.69, 9.17) is 14.6 Å². The lowest BCUT2D eigenvalue weighted by Crippen LogP contribution is -2.05. The molecule has 0 atom stereocenters. The van der Waals surface area contributed by atoms with Crippen molar-refractivity contribution in [2.75, 3.05) is 13.2 Å². The van der Waals surface area contributed by atoms with Crippen LogP contribution in [0.1, 0.15) is 13.8 Å². The van der Waals surface area contributed by atoms with Crippen LogP contribution in [-0.2, 0) is 0 Å². The van der Waals surface area contributed by atoms with Crippen LogP contribution in [0.3, 0.4) is 0 Å². The van der Waals surface area contributed by atoms with Gasteiger partial charge in [0.15, 0.2) is 0 Å². The Morgan fingerprint density at radius 1 is 1.14 bits per heavy atom. The maximum atomic E-state index is 8.55. The van der Waals surface area contributed by atoms with Crippen molar-refractivity contribution in [1.82, 2.24) is 0 Å². The monoisotopic (exact) mass is 196 g/mol. The van der Waals surface area contributed by atoms with E-state index in [1.807, 2.05) is 38.1 Å². The average molecular weight is 196 g/mol. The standard InChI is InChI=1S/C11H16O3/c1-9(2)14-11-5-3-10(4-6-11)13-8-7-12/h3-6,9,12H,7-8H2,1-2H3. The zero-order chi connectivity index (χ0) is 10.4. The summed E-state index contributed by atoms with van der Waals surface area (Å²) in [5, 5.41) is 8.55. The molecule has 0 unspecified atom stereocenters. The van der Waals surface area contributed by atoms with E-state index >= 15 is 0 Å². The van der Waals surface area contributed by atoms with Gasteiger partial charge in [-0.15, -0.1) is 0 Å². The maximum Gasteiger partial charge on any atom is 0.119 e. The van der Waals surface area contributed by atoms with Crippen molar-refractivity contribution in [1.29, 1.82) is 0 Å². The number of aliphatic hydroxyl groups excluding tert-OH is 1. The lowest BCUT2D eigenvalue weighted by Gasteiger charge is -2.10. The second kappa shape index (κ2) is 5.50. The maximum absolute atomic E-state index is 8.55. The van der Waals surface area contributed by atoms with Crippen LogP contribution in [0.4, 0.5) is 0 Å². The highest BCUT2D eigenvalue weighted by molar-refractivity contribution is 5.31. The summed E-state index contributed by atoms with van der Waals surface area (Å²) in [7, 11) is 0. The Hall–Kier alpha value is -1.22. The molecule has 0 amide bonds. The number of aliphatic hydroxyl groups is 1. The average Bonchev–Trinajstić information content (AvgIpc) is 2.16. The summed E-state index contributed by atoms with van der Waals surface area (Å²) >= 11 is 0. The fraction of sp³-hybridized carbons (Fsp3) is 0.455. The predicted octanol–water partition coefficient (Wildman–Crippen LogP) is 1.84. The Balaban J connectivity index is 2.50. The van der Waals surface area contributed by atoms with Crippen molar-refractivity contribution in [2.24, 2.45) is 0 Å². The first-order valence-electron chi connectivity index (χ1n) is 4.72. The van der Waals surface area contributed by atoms with Gasteiger partial charge in [-0.2, -0.15) is 0 Å². The minimum atomic E-state index is 0.0320. The molecule has 0 aliphatic carbocycles. The molecule has 78 valence electrons. The highest BCUT2D eigenvalue weighted by Crippen LogP contribution is 2.18. The second-order valence-electron chi connectivity index (χ2n) is 3.21. The Bertz CT molecular complexity index is 254. The molecule has 0 saturated carbocycles. The molecular weight excluding hydrogens is 180 g/mol. The fourth-order valence-corrected chi connectivity index (χ4v) is 1.05. The smallest absolute Gasteiger partial charge is 0.119 e. The third-order valence-corrected chi connectivity index (χ3v) is 1.56. The van der Waals surface area contributed by atoms with Crippen molar-refractivity contribution in [3.05, 3.63) is 24.3 Å². The van der Waals surface area contributed by atoms with E-state index in [2.05, 4.69) is 0 Å². The number of benzene rings is 1. The van der Waals surface area contributed by atoms with Gasteiger partial charge in [-0.3, -0.25) is 0 Å². The Morgan fingerprint density at radius 2 is 1.71 bits per heavy atom. The molecule has 0 heterocycles. The van der Waals surface area contributed by atoms with Crippen molar-refractivity contribution in [2.45, 2.75) is 20.0 Å². The molecule has 3 nitrogen and oxygen atoms in total. The first-order valence-corrected chi connectivity index (χ1v) is 4.72. The number of rotatable bonds is 5. The predicted molar refractivity (Wildman–Crippen MR) is 54.8 cm³/mol. The summed E-state index contributed by atoms with van der Waals surface area (Å²) < 4.78 is 10.7. The summed E-state index contributed by atoms with van der Waals surface area (Å²) in [5.74, 6) is 1.58. The first kappa shape index (κ1) is 10.9. The van der Waals surface area contributed by atoms with Gasteiger partial charge >= 0.3 is 0 Å².